The van der Waals surface area contributed by atoms with Gasteiger partial charge in [0.15, 0.2) is 0 Å². The number of fused-ring (bicyclic) bond motifs is 1. The van der Waals surface area contributed by atoms with Crippen LogP contribution in [0.3, 0.4) is 0 Å². The zero-order valence-electron chi connectivity index (χ0n) is 13.4. The SMILES string of the molecule is Cl.O=C(O)[C@@H]1CN(C(=O)Cc2ccc3c(c2)CCC3)C[C@H]1C(F)(F)F. The zero-order chi connectivity index (χ0) is 17.5. The van der Waals surface area contributed by atoms with E-state index in [1.807, 2.05) is 18.2 Å². The monoisotopic (exact) mass is 377 g/mol. The Morgan fingerprint density at radius 1 is 1.16 bits per heavy atom. The van der Waals surface area contributed by atoms with Gasteiger partial charge in [-0.05, 0) is 36.0 Å². The van der Waals surface area contributed by atoms with Crippen LogP contribution in [0.2, 0.25) is 0 Å². The van der Waals surface area contributed by atoms with Crippen LogP contribution in [0, 0.1) is 11.8 Å². The highest BCUT2D eigenvalue weighted by Crippen LogP contribution is 2.38. The van der Waals surface area contributed by atoms with Crippen molar-refractivity contribution in [2.45, 2.75) is 31.9 Å². The number of likely N-dealkylation sites (tertiary alicyclic amines) is 1. The summed E-state index contributed by atoms with van der Waals surface area (Å²) in [5.41, 5.74) is 3.22. The molecule has 4 nitrogen and oxygen atoms in total. The molecular weight excluding hydrogens is 359 g/mol. The van der Waals surface area contributed by atoms with Crippen molar-refractivity contribution in [1.82, 2.24) is 4.90 Å². The molecule has 0 radical (unpaired) electrons. The Bertz CT molecular complexity index is 678. The van der Waals surface area contributed by atoms with Gasteiger partial charge in [0.2, 0.25) is 5.91 Å². The number of benzene rings is 1. The maximum atomic E-state index is 13.0. The smallest absolute Gasteiger partial charge is 0.394 e. The molecule has 0 spiro atoms. The van der Waals surface area contributed by atoms with E-state index >= 15 is 0 Å². The van der Waals surface area contributed by atoms with Gasteiger partial charge in [0.1, 0.15) is 0 Å². The Kier molecular flexibility index (Phi) is 5.66. The number of carbonyl (C=O) groups excluding carboxylic acids is 1. The lowest BCUT2D eigenvalue weighted by molar-refractivity contribution is -0.188. The molecule has 3 rings (SSSR count). The molecule has 1 N–H and O–H groups in total. The number of carboxylic acids is 1. The summed E-state index contributed by atoms with van der Waals surface area (Å²) in [4.78, 5) is 24.4. The van der Waals surface area contributed by atoms with Gasteiger partial charge < -0.3 is 10.0 Å². The van der Waals surface area contributed by atoms with E-state index in [9.17, 15) is 22.8 Å². The van der Waals surface area contributed by atoms with Gasteiger partial charge in [-0.1, -0.05) is 18.2 Å². The molecule has 138 valence electrons. The molecule has 1 saturated heterocycles. The highest BCUT2D eigenvalue weighted by molar-refractivity contribution is 5.85. The molecule has 1 aromatic carbocycles. The molecule has 0 unspecified atom stereocenters. The topological polar surface area (TPSA) is 57.6 Å². The summed E-state index contributed by atoms with van der Waals surface area (Å²) in [7, 11) is 0. The molecule has 0 saturated carbocycles. The van der Waals surface area contributed by atoms with E-state index in [1.165, 1.54) is 11.1 Å². The second-order valence-corrected chi connectivity index (χ2v) is 6.52. The van der Waals surface area contributed by atoms with Gasteiger partial charge in [0, 0.05) is 13.1 Å². The number of aryl methyl sites for hydroxylation is 2. The molecule has 1 amide bonds. The maximum Gasteiger partial charge on any atom is 0.394 e. The Hall–Kier alpha value is -1.76. The molecule has 8 heteroatoms. The lowest BCUT2D eigenvalue weighted by Gasteiger charge is -2.18. The average molecular weight is 378 g/mol. The van der Waals surface area contributed by atoms with Gasteiger partial charge >= 0.3 is 12.1 Å². The number of carbonyl (C=O) groups is 2. The normalized spacial score (nSPS) is 22.4. The quantitative estimate of drug-likeness (QED) is 0.881. The fraction of sp³-hybridized carbons (Fsp3) is 0.529. The Labute approximate surface area is 149 Å². The average Bonchev–Trinajstić information content (AvgIpc) is 3.13. The minimum Gasteiger partial charge on any atom is -0.481 e. The molecule has 0 aromatic heterocycles. The number of amides is 1. The molecule has 2 aliphatic rings. The first kappa shape index (κ1) is 19.6. The number of halogens is 4. The van der Waals surface area contributed by atoms with Crippen molar-refractivity contribution in [2.24, 2.45) is 11.8 Å². The Balaban J connectivity index is 0.00000225. The Morgan fingerprint density at radius 3 is 2.44 bits per heavy atom. The molecule has 2 atom stereocenters. The molecule has 1 aromatic rings. The number of carboxylic acid groups (broad SMARTS) is 1. The van der Waals surface area contributed by atoms with E-state index in [0.717, 1.165) is 29.7 Å². The van der Waals surface area contributed by atoms with E-state index < -0.39 is 36.4 Å². The third kappa shape index (κ3) is 4.08. The predicted octanol–water partition coefficient (Wildman–Crippen LogP) is 2.86. The first-order valence-electron chi connectivity index (χ1n) is 7.93. The van der Waals surface area contributed by atoms with Crippen LogP contribution in [0.4, 0.5) is 13.2 Å². The summed E-state index contributed by atoms with van der Waals surface area (Å²) in [6.07, 6.45) is -1.57. The third-order valence-electron chi connectivity index (χ3n) is 4.93. The molecule has 0 bridgehead atoms. The molecule has 1 aliphatic heterocycles. The molecular formula is C17H19ClF3NO3. The second-order valence-electron chi connectivity index (χ2n) is 6.52. The first-order valence-corrected chi connectivity index (χ1v) is 7.93. The fourth-order valence-corrected chi connectivity index (χ4v) is 3.61. The predicted molar refractivity (Wildman–Crippen MR) is 86.7 cm³/mol. The molecule has 1 heterocycles. The summed E-state index contributed by atoms with van der Waals surface area (Å²) >= 11 is 0. The molecule has 1 aliphatic carbocycles. The van der Waals surface area contributed by atoms with E-state index in [2.05, 4.69) is 0 Å². The third-order valence-corrected chi connectivity index (χ3v) is 4.93. The van der Waals surface area contributed by atoms with Crippen LogP contribution in [0.1, 0.15) is 23.1 Å². The van der Waals surface area contributed by atoms with Crippen molar-refractivity contribution in [3.63, 3.8) is 0 Å². The number of hydrogen-bond acceptors (Lipinski definition) is 2. The van der Waals surface area contributed by atoms with E-state index in [4.69, 9.17) is 5.11 Å². The Morgan fingerprint density at radius 2 is 1.84 bits per heavy atom. The lowest BCUT2D eigenvalue weighted by Crippen LogP contribution is -2.34. The van der Waals surface area contributed by atoms with Crippen LogP contribution in [0.5, 0.6) is 0 Å². The van der Waals surface area contributed by atoms with Gasteiger partial charge in [-0.15, -0.1) is 12.4 Å². The second kappa shape index (κ2) is 7.23. The minimum absolute atomic E-state index is 0. The number of hydrogen-bond donors (Lipinski definition) is 1. The van der Waals surface area contributed by atoms with Crippen LogP contribution in [-0.4, -0.2) is 41.1 Å². The highest BCUT2D eigenvalue weighted by atomic mass is 35.5. The van der Waals surface area contributed by atoms with Crippen LogP contribution in [-0.2, 0) is 28.9 Å². The van der Waals surface area contributed by atoms with Crippen molar-refractivity contribution in [2.75, 3.05) is 13.1 Å². The van der Waals surface area contributed by atoms with Gasteiger partial charge in [-0.2, -0.15) is 13.2 Å². The highest BCUT2D eigenvalue weighted by Gasteiger charge is 2.53. The summed E-state index contributed by atoms with van der Waals surface area (Å²) in [6.45, 7) is -0.965. The van der Waals surface area contributed by atoms with Crippen molar-refractivity contribution >= 4 is 24.3 Å². The fourth-order valence-electron chi connectivity index (χ4n) is 3.61. The maximum absolute atomic E-state index is 13.0. The molecule has 1 fully saturated rings. The van der Waals surface area contributed by atoms with Crippen LogP contribution >= 0.6 is 12.4 Å². The van der Waals surface area contributed by atoms with Gasteiger partial charge in [-0.3, -0.25) is 9.59 Å². The van der Waals surface area contributed by atoms with Crippen molar-refractivity contribution < 1.29 is 27.9 Å². The lowest BCUT2D eigenvalue weighted by atomic mass is 9.96. The molecule has 25 heavy (non-hydrogen) atoms. The van der Waals surface area contributed by atoms with Gasteiger partial charge in [-0.25, -0.2) is 0 Å². The summed E-state index contributed by atoms with van der Waals surface area (Å²) in [6, 6.07) is 5.73. The zero-order valence-corrected chi connectivity index (χ0v) is 14.2. The van der Waals surface area contributed by atoms with Crippen molar-refractivity contribution in [3.8, 4) is 0 Å². The van der Waals surface area contributed by atoms with E-state index in [0.29, 0.717) is 0 Å². The van der Waals surface area contributed by atoms with E-state index in [1.54, 1.807) is 0 Å². The summed E-state index contributed by atoms with van der Waals surface area (Å²) in [5.74, 6) is -5.55. The minimum atomic E-state index is -4.62. The summed E-state index contributed by atoms with van der Waals surface area (Å²) in [5, 5.41) is 9.00. The number of alkyl halides is 3. The number of nitrogens with zero attached hydrogens (tertiary/aromatic N) is 1. The van der Waals surface area contributed by atoms with Crippen LogP contribution < -0.4 is 0 Å². The van der Waals surface area contributed by atoms with Crippen LogP contribution in [0.25, 0.3) is 0 Å². The van der Waals surface area contributed by atoms with E-state index in [-0.39, 0.29) is 25.4 Å². The largest absolute Gasteiger partial charge is 0.481 e. The van der Waals surface area contributed by atoms with Gasteiger partial charge in [0.05, 0.1) is 18.3 Å². The van der Waals surface area contributed by atoms with Crippen molar-refractivity contribution in [3.05, 3.63) is 34.9 Å². The summed E-state index contributed by atoms with van der Waals surface area (Å²) < 4.78 is 39.0. The number of rotatable bonds is 3. The van der Waals surface area contributed by atoms with Crippen LogP contribution in [0.15, 0.2) is 18.2 Å². The van der Waals surface area contributed by atoms with Gasteiger partial charge in [0.25, 0.3) is 0 Å². The first-order chi connectivity index (χ1) is 11.3. The number of aliphatic carboxylic acids is 1. The van der Waals surface area contributed by atoms with Crippen molar-refractivity contribution in [1.29, 1.82) is 0 Å². The standard InChI is InChI=1S/C17H18F3NO3.ClH/c18-17(19,20)14-9-21(8-13(14)16(23)24)15(22)7-10-4-5-11-2-1-3-12(11)6-10;/h4-6,13-14H,1-3,7-9H2,(H,23,24);1H/t13-,14-;/m1./s1.